The van der Waals surface area contributed by atoms with E-state index in [1.54, 1.807) is 41.1 Å². The van der Waals surface area contributed by atoms with E-state index in [-0.39, 0.29) is 17.6 Å². The molecule has 1 heterocycles. The fraction of sp³-hybridized carbons (Fsp3) is 0.136. The summed E-state index contributed by atoms with van der Waals surface area (Å²) >= 11 is 6.14. The number of amides is 2. The molecule has 3 rings (SSSR count). The quantitative estimate of drug-likeness (QED) is 0.570. The Morgan fingerprint density at radius 1 is 1.10 bits per heavy atom. The summed E-state index contributed by atoms with van der Waals surface area (Å²) in [5, 5.41) is 10.2. The van der Waals surface area contributed by atoms with E-state index >= 15 is 0 Å². The van der Waals surface area contributed by atoms with Crippen molar-refractivity contribution >= 4 is 40.9 Å². The van der Waals surface area contributed by atoms with Gasteiger partial charge in [-0.2, -0.15) is 5.10 Å². The third-order valence-corrected chi connectivity index (χ3v) is 4.69. The topological polar surface area (TPSA) is 76.0 Å². The number of halogens is 2. The van der Waals surface area contributed by atoms with Gasteiger partial charge in [0.25, 0.3) is 0 Å². The number of carbonyl (C=O) groups is 2. The second-order valence-corrected chi connectivity index (χ2v) is 7.08. The smallest absolute Gasteiger partial charge is 0.248 e. The average Bonchev–Trinajstić information content (AvgIpc) is 2.97. The highest BCUT2D eigenvalue weighted by Crippen LogP contribution is 2.26. The molecule has 0 spiro atoms. The van der Waals surface area contributed by atoms with Crippen molar-refractivity contribution in [3.8, 4) is 5.69 Å². The van der Waals surface area contributed by atoms with Crippen LogP contribution in [0.15, 0.2) is 48.5 Å². The van der Waals surface area contributed by atoms with E-state index in [1.807, 2.05) is 13.8 Å². The number of nitrogens with zero attached hydrogens (tertiary/aromatic N) is 2. The molecule has 0 saturated carbocycles. The van der Waals surface area contributed by atoms with E-state index in [2.05, 4.69) is 15.7 Å². The lowest BCUT2D eigenvalue weighted by Gasteiger charge is -2.08. The third-order valence-electron chi connectivity index (χ3n) is 4.36. The van der Waals surface area contributed by atoms with Gasteiger partial charge < -0.3 is 10.6 Å². The van der Waals surface area contributed by atoms with E-state index < -0.39 is 0 Å². The van der Waals surface area contributed by atoms with Crippen LogP contribution >= 0.6 is 11.6 Å². The fourth-order valence-electron chi connectivity index (χ4n) is 2.97. The number of hydrogen-bond acceptors (Lipinski definition) is 3. The van der Waals surface area contributed by atoms with Crippen molar-refractivity contribution in [2.24, 2.45) is 0 Å². The van der Waals surface area contributed by atoms with Crippen LogP contribution in [-0.4, -0.2) is 21.6 Å². The molecule has 0 bridgehead atoms. The standard InChI is InChI=1S/C22H20ClFN4O2/c1-13-19(14(2)28(27-13)18-7-4-16(24)5-8-18)9-11-22(30)26-21-12-17(25-15(3)29)6-10-20(21)23/h4-12H,1-3H3,(H,25,29)(H,26,30)/b11-9+. The van der Waals surface area contributed by atoms with E-state index in [0.29, 0.717) is 16.4 Å². The number of hydrogen-bond donors (Lipinski definition) is 2. The average molecular weight is 427 g/mol. The van der Waals surface area contributed by atoms with Gasteiger partial charge in [-0.1, -0.05) is 11.6 Å². The first kappa shape index (κ1) is 21.3. The number of rotatable bonds is 5. The zero-order chi connectivity index (χ0) is 21.8. The van der Waals surface area contributed by atoms with E-state index in [9.17, 15) is 14.0 Å². The molecule has 0 fully saturated rings. The maximum Gasteiger partial charge on any atom is 0.248 e. The van der Waals surface area contributed by atoms with Gasteiger partial charge >= 0.3 is 0 Å². The van der Waals surface area contributed by atoms with Crippen LogP contribution in [0.2, 0.25) is 5.02 Å². The predicted octanol–water partition coefficient (Wildman–Crippen LogP) is 4.89. The Morgan fingerprint density at radius 2 is 1.80 bits per heavy atom. The Morgan fingerprint density at radius 3 is 2.47 bits per heavy atom. The molecule has 8 heteroatoms. The highest BCUT2D eigenvalue weighted by molar-refractivity contribution is 6.34. The van der Waals surface area contributed by atoms with Crippen LogP contribution in [0.5, 0.6) is 0 Å². The molecule has 0 saturated heterocycles. The summed E-state index contributed by atoms with van der Waals surface area (Å²) in [5.74, 6) is -0.929. The van der Waals surface area contributed by atoms with Gasteiger partial charge in [0.1, 0.15) is 5.82 Å². The molecule has 2 N–H and O–H groups in total. The lowest BCUT2D eigenvalue weighted by Crippen LogP contribution is -2.10. The first-order valence-electron chi connectivity index (χ1n) is 9.13. The minimum atomic E-state index is -0.384. The van der Waals surface area contributed by atoms with Crippen LogP contribution in [0.25, 0.3) is 11.8 Å². The summed E-state index contributed by atoms with van der Waals surface area (Å²) in [6, 6.07) is 10.8. The van der Waals surface area contributed by atoms with Gasteiger partial charge in [0.2, 0.25) is 11.8 Å². The maximum absolute atomic E-state index is 13.2. The van der Waals surface area contributed by atoms with Gasteiger partial charge in [-0.3, -0.25) is 9.59 Å². The number of nitrogens with one attached hydrogen (secondary N) is 2. The molecule has 30 heavy (non-hydrogen) atoms. The van der Waals surface area contributed by atoms with E-state index in [1.165, 1.54) is 25.1 Å². The Balaban J connectivity index is 1.79. The van der Waals surface area contributed by atoms with Crippen molar-refractivity contribution < 1.29 is 14.0 Å². The van der Waals surface area contributed by atoms with Gasteiger partial charge in [-0.15, -0.1) is 0 Å². The van der Waals surface area contributed by atoms with Crippen LogP contribution < -0.4 is 10.6 Å². The minimum absolute atomic E-state index is 0.224. The van der Waals surface area contributed by atoms with Gasteiger partial charge in [0, 0.05) is 29.9 Å². The molecule has 2 aromatic carbocycles. The van der Waals surface area contributed by atoms with Gasteiger partial charge in [0.05, 0.1) is 22.1 Å². The fourth-order valence-corrected chi connectivity index (χ4v) is 3.13. The Bertz CT molecular complexity index is 1140. The zero-order valence-corrected chi connectivity index (χ0v) is 17.4. The number of anilines is 2. The summed E-state index contributed by atoms with van der Waals surface area (Å²) in [6.07, 6.45) is 3.05. The molecular weight excluding hydrogens is 407 g/mol. The van der Waals surface area contributed by atoms with Crippen molar-refractivity contribution in [3.05, 3.63) is 76.3 Å². The molecule has 154 valence electrons. The highest BCUT2D eigenvalue weighted by Gasteiger charge is 2.12. The summed E-state index contributed by atoms with van der Waals surface area (Å²) in [4.78, 5) is 23.6. The number of aromatic nitrogens is 2. The van der Waals surface area contributed by atoms with Crippen molar-refractivity contribution in [3.63, 3.8) is 0 Å². The van der Waals surface area contributed by atoms with E-state index in [4.69, 9.17) is 11.6 Å². The van der Waals surface area contributed by atoms with Crippen LogP contribution in [0, 0.1) is 19.7 Å². The lowest BCUT2D eigenvalue weighted by atomic mass is 10.2. The van der Waals surface area contributed by atoms with Gasteiger partial charge in [0.15, 0.2) is 0 Å². The van der Waals surface area contributed by atoms with Crippen LogP contribution in [0.1, 0.15) is 23.9 Å². The predicted molar refractivity (Wildman–Crippen MR) is 116 cm³/mol. The normalized spacial score (nSPS) is 11.0. The molecule has 0 aliphatic carbocycles. The van der Waals surface area contributed by atoms with Crippen LogP contribution in [0.4, 0.5) is 15.8 Å². The second kappa shape index (κ2) is 8.92. The van der Waals surface area contributed by atoms with Crippen LogP contribution in [-0.2, 0) is 9.59 Å². The number of aryl methyl sites for hydroxylation is 1. The molecule has 6 nitrogen and oxygen atoms in total. The van der Waals surface area contributed by atoms with Crippen molar-refractivity contribution in [1.82, 2.24) is 9.78 Å². The van der Waals surface area contributed by atoms with Gasteiger partial charge in [-0.25, -0.2) is 9.07 Å². The zero-order valence-electron chi connectivity index (χ0n) is 16.7. The van der Waals surface area contributed by atoms with Crippen molar-refractivity contribution in [1.29, 1.82) is 0 Å². The molecule has 0 aliphatic heterocycles. The number of benzene rings is 2. The molecule has 0 radical (unpaired) electrons. The summed E-state index contributed by atoms with van der Waals surface area (Å²) in [5.41, 5.74) is 3.96. The Labute approximate surface area is 178 Å². The Hall–Kier alpha value is -3.45. The largest absolute Gasteiger partial charge is 0.326 e. The first-order chi connectivity index (χ1) is 14.2. The summed E-state index contributed by atoms with van der Waals surface area (Å²) in [6.45, 7) is 5.10. The van der Waals surface area contributed by atoms with Crippen molar-refractivity contribution in [2.45, 2.75) is 20.8 Å². The number of carbonyl (C=O) groups excluding carboxylic acids is 2. The lowest BCUT2D eigenvalue weighted by molar-refractivity contribution is -0.114. The second-order valence-electron chi connectivity index (χ2n) is 6.67. The molecule has 1 aromatic heterocycles. The van der Waals surface area contributed by atoms with Crippen molar-refractivity contribution in [2.75, 3.05) is 10.6 Å². The molecule has 0 unspecified atom stereocenters. The maximum atomic E-state index is 13.2. The van der Waals surface area contributed by atoms with Crippen LogP contribution in [0.3, 0.4) is 0 Å². The minimum Gasteiger partial charge on any atom is -0.326 e. The highest BCUT2D eigenvalue weighted by atomic mass is 35.5. The molecule has 3 aromatic rings. The third kappa shape index (κ3) is 4.93. The molecule has 0 aliphatic rings. The molecule has 2 amide bonds. The summed E-state index contributed by atoms with van der Waals surface area (Å²) < 4.78 is 14.9. The summed E-state index contributed by atoms with van der Waals surface area (Å²) in [7, 11) is 0. The monoisotopic (exact) mass is 426 g/mol. The van der Waals surface area contributed by atoms with E-state index in [0.717, 1.165) is 22.6 Å². The Kier molecular flexibility index (Phi) is 6.32. The molecular formula is C22H20ClFN4O2. The van der Waals surface area contributed by atoms with Gasteiger partial charge in [-0.05, 0) is 62.4 Å². The first-order valence-corrected chi connectivity index (χ1v) is 9.51. The SMILES string of the molecule is CC(=O)Nc1ccc(Cl)c(NC(=O)/C=C/c2c(C)nn(-c3ccc(F)cc3)c2C)c1. The molecule has 0 atom stereocenters.